The monoisotopic (exact) mass is 512 g/mol. The van der Waals surface area contributed by atoms with E-state index < -0.39 is 32.9 Å². The standard InChI is InChI=1S/C28H27F3N2O2S/c29-23-9-11-24(12-10-23)36(34,35)33-16-14-28(15-17-33,22-4-2-1-3-5-22)27(21-7-8-21)32-19-20-6-13-25(30)26(31)18-20/h1-6,9-13,18,32H,7-8,14-17,19H2. The molecule has 2 aliphatic rings. The minimum absolute atomic E-state index is 0.0772. The van der Waals surface area contributed by atoms with Crippen LogP contribution in [0.4, 0.5) is 13.2 Å². The third kappa shape index (κ3) is 4.80. The summed E-state index contributed by atoms with van der Waals surface area (Å²) in [6, 6.07) is 18.8. The SMILES string of the molecule is O=S(=O)(c1ccc(F)cc1)N1CCC(C(NCc2ccc(F)c(F)c2)=C2CC2)(c2ccccc2)CC1. The fourth-order valence-electron chi connectivity index (χ4n) is 5.09. The second kappa shape index (κ2) is 9.75. The Balaban J connectivity index is 1.43. The van der Waals surface area contributed by atoms with Gasteiger partial charge >= 0.3 is 0 Å². The van der Waals surface area contributed by atoms with Gasteiger partial charge in [-0.15, -0.1) is 0 Å². The topological polar surface area (TPSA) is 49.4 Å². The molecule has 1 saturated heterocycles. The number of hydrogen-bond donors (Lipinski definition) is 1. The summed E-state index contributed by atoms with van der Waals surface area (Å²) in [5.41, 5.74) is 3.62. The largest absolute Gasteiger partial charge is 0.384 e. The lowest BCUT2D eigenvalue weighted by Gasteiger charge is -2.44. The van der Waals surface area contributed by atoms with Gasteiger partial charge in [-0.05, 0) is 78.8 Å². The van der Waals surface area contributed by atoms with Crippen molar-refractivity contribution in [2.45, 2.75) is 42.5 Å². The lowest BCUT2D eigenvalue weighted by atomic mass is 9.70. The Morgan fingerprint density at radius 2 is 1.53 bits per heavy atom. The molecule has 2 fully saturated rings. The van der Waals surface area contributed by atoms with Gasteiger partial charge in [0.15, 0.2) is 11.6 Å². The highest BCUT2D eigenvalue weighted by molar-refractivity contribution is 7.89. The summed E-state index contributed by atoms with van der Waals surface area (Å²) in [4.78, 5) is 0.0772. The van der Waals surface area contributed by atoms with Gasteiger partial charge in [0.2, 0.25) is 10.0 Å². The van der Waals surface area contributed by atoms with E-state index in [0.717, 1.165) is 42.3 Å². The lowest BCUT2D eigenvalue weighted by Crippen LogP contribution is -2.48. The number of piperidine rings is 1. The molecule has 36 heavy (non-hydrogen) atoms. The summed E-state index contributed by atoms with van der Waals surface area (Å²) in [6.45, 7) is 0.943. The molecule has 0 amide bonds. The molecule has 5 rings (SSSR count). The normalized spacial score (nSPS) is 17.6. The van der Waals surface area contributed by atoms with E-state index in [9.17, 15) is 21.6 Å². The third-order valence-electron chi connectivity index (χ3n) is 7.14. The quantitative estimate of drug-likeness (QED) is 0.444. The van der Waals surface area contributed by atoms with E-state index in [4.69, 9.17) is 0 Å². The number of nitrogens with one attached hydrogen (secondary N) is 1. The van der Waals surface area contributed by atoms with Crippen molar-refractivity contribution in [1.82, 2.24) is 9.62 Å². The molecule has 0 radical (unpaired) electrons. The van der Waals surface area contributed by atoms with E-state index in [-0.39, 0.29) is 4.90 Å². The maximum Gasteiger partial charge on any atom is 0.243 e. The highest BCUT2D eigenvalue weighted by Gasteiger charge is 2.44. The van der Waals surface area contributed by atoms with Gasteiger partial charge in [-0.25, -0.2) is 21.6 Å². The molecule has 188 valence electrons. The summed E-state index contributed by atoms with van der Waals surface area (Å²) >= 11 is 0. The van der Waals surface area contributed by atoms with Crippen LogP contribution < -0.4 is 5.32 Å². The molecule has 3 aromatic carbocycles. The van der Waals surface area contributed by atoms with Gasteiger partial charge in [0.25, 0.3) is 0 Å². The van der Waals surface area contributed by atoms with E-state index >= 15 is 0 Å². The van der Waals surface area contributed by atoms with Crippen molar-refractivity contribution in [1.29, 1.82) is 0 Å². The van der Waals surface area contributed by atoms with Crippen LogP contribution in [-0.4, -0.2) is 25.8 Å². The molecule has 4 nitrogen and oxygen atoms in total. The van der Waals surface area contributed by atoms with Crippen LogP contribution in [0.3, 0.4) is 0 Å². The molecule has 0 aromatic heterocycles. The highest BCUT2D eigenvalue weighted by Crippen LogP contribution is 2.47. The van der Waals surface area contributed by atoms with Crippen LogP contribution in [0.1, 0.15) is 36.8 Å². The molecule has 8 heteroatoms. The van der Waals surface area contributed by atoms with Crippen molar-refractivity contribution in [3.05, 3.63) is 113 Å². The second-order valence-electron chi connectivity index (χ2n) is 9.39. The Bertz CT molecular complexity index is 1380. The first-order chi connectivity index (χ1) is 17.3. The first kappa shape index (κ1) is 24.6. The molecule has 1 aliphatic heterocycles. The maximum absolute atomic E-state index is 13.8. The van der Waals surface area contributed by atoms with Crippen LogP contribution in [0.15, 0.2) is 89.0 Å². The van der Waals surface area contributed by atoms with Gasteiger partial charge in [0.1, 0.15) is 5.82 Å². The second-order valence-corrected chi connectivity index (χ2v) is 11.3. The fourth-order valence-corrected chi connectivity index (χ4v) is 6.53. The minimum atomic E-state index is -3.75. The third-order valence-corrected chi connectivity index (χ3v) is 9.05. The Morgan fingerprint density at radius 1 is 0.861 bits per heavy atom. The summed E-state index contributed by atoms with van der Waals surface area (Å²) in [5.74, 6) is -2.24. The Labute approximate surface area is 209 Å². The lowest BCUT2D eigenvalue weighted by molar-refractivity contribution is 0.252. The van der Waals surface area contributed by atoms with Crippen molar-refractivity contribution in [2.75, 3.05) is 13.1 Å². The van der Waals surface area contributed by atoms with Crippen LogP contribution in [0, 0.1) is 17.5 Å². The predicted molar refractivity (Wildman–Crippen MR) is 132 cm³/mol. The van der Waals surface area contributed by atoms with Crippen molar-refractivity contribution in [2.24, 2.45) is 0 Å². The number of benzene rings is 3. The van der Waals surface area contributed by atoms with Crippen LogP contribution >= 0.6 is 0 Å². The molecule has 0 atom stereocenters. The van der Waals surface area contributed by atoms with Crippen LogP contribution in [0.2, 0.25) is 0 Å². The van der Waals surface area contributed by atoms with E-state index in [1.807, 2.05) is 18.2 Å². The van der Waals surface area contributed by atoms with E-state index in [1.165, 1.54) is 28.1 Å². The number of halogens is 3. The van der Waals surface area contributed by atoms with Gasteiger partial charge < -0.3 is 5.32 Å². The first-order valence-corrected chi connectivity index (χ1v) is 13.5. The zero-order valence-corrected chi connectivity index (χ0v) is 20.5. The maximum atomic E-state index is 13.8. The summed E-state index contributed by atoms with van der Waals surface area (Å²) in [6.07, 6.45) is 3.01. The molecular weight excluding hydrogens is 485 g/mol. The molecule has 1 N–H and O–H groups in total. The molecule has 1 heterocycles. The average molecular weight is 513 g/mol. The molecule has 0 unspecified atom stereocenters. The van der Waals surface area contributed by atoms with Crippen molar-refractivity contribution >= 4 is 10.0 Å². The van der Waals surface area contributed by atoms with Gasteiger partial charge in [0, 0.05) is 30.7 Å². The number of allylic oxidation sites excluding steroid dienone is 2. The van der Waals surface area contributed by atoms with Crippen molar-refractivity contribution in [3.63, 3.8) is 0 Å². The zero-order valence-electron chi connectivity index (χ0n) is 19.7. The summed E-state index contributed by atoms with van der Waals surface area (Å²) < 4.78 is 68.5. The summed E-state index contributed by atoms with van der Waals surface area (Å²) in [7, 11) is -3.75. The Kier molecular flexibility index (Phi) is 6.66. The number of rotatable bonds is 7. The molecule has 3 aromatic rings. The predicted octanol–water partition coefficient (Wildman–Crippen LogP) is 5.66. The highest BCUT2D eigenvalue weighted by atomic mass is 32.2. The van der Waals surface area contributed by atoms with Gasteiger partial charge in [-0.1, -0.05) is 36.4 Å². The zero-order chi connectivity index (χ0) is 25.3. The van der Waals surface area contributed by atoms with E-state index in [1.54, 1.807) is 6.07 Å². The number of nitrogens with zero attached hydrogens (tertiary/aromatic N) is 1. The van der Waals surface area contributed by atoms with E-state index in [2.05, 4.69) is 17.4 Å². The summed E-state index contributed by atoms with van der Waals surface area (Å²) in [5, 5.41) is 3.53. The first-order valence-electron chi connectivity index (χ1n) is 12.0. The minimum Gasteiger partial charge on any atom is -0.384 e. The van der Waals surface area contributed by atoms with Crippen molar-refractivity contribution in [3.8, 4) is 0 Å². The Morgan fingerprint density at radius 3 is 2.14 bits per heavy atom. The number of sulfonamides is 1. The smallest absolute Gasteiger partial charge is 0.243 e. The van der Waals surface area contributed by atoms with E-state index in [0.29, 0.717) is 38.0 Å². The molecular formula is C28H27F3N2O2S. The fraction of sp³-hybridized carbons (Fsp3) is 0.286. The molecule has 0 bridgehead atoms. The molecule has 0 spiro atoms. The number of hydrogen-bond acceptors (Lipinski definition) is 3. The van der Waals surface area contributed by atoms with Gasteiger partial charge in [0.05, 0.1) is 4.90 Å². The van der Waals surface area contributed by atoms with Crippen molar-refractivity contribution < 1.29 is 21.6 Å². The average Bonchev–Trinajstić information content (AvgIpc) is 3.72. The molecule has 1 saturated carbocycles. The van der Waals surface area contributed by atoms with Crippen LogP contribution in [0.5, 0.6) is 0 Å². The van der Waals surface area contributed by atoms with Crippen LogP contribution in [0.25, 0.3) is 0 Å². The van der Waals surface area contributed by atoms with Crippen LogP contribution in [-0.2, 0) is 22.0 Å². The van der Waals surface area contributed by atoms with Gasteiger partial charge in [-0.2, -0.15) is 4.31 Å². The van der Waals surface area contributed by atoms with Gasteiger partial charge in [-0.3, -0.25) is 0 Å². The molecule has 1 aliphatic carbocycles. The Hall–Kier alpha value is -3.10.